The summed E-state index contributed by atoms with van der Waals surface area (Å²) in [6.07, 6.45) is 8.96. The summed E-state index contributed by atoms with van der Waals surface area (Å²) in [5.74, 6) is -1.11. The maximum atomic E-state index is 12.9. The molecule has 2 aromatic carbocycles. The number of carbonyl (C=O) groups is 2. The molecule has 0 aliphatic heterocycles. The summed E-state index contributed by atoms with van der Waals surface area (Å²) in [6.45, 7) is 14.7. The van der Waals surface area contributed by atoms with E-state index in [9.17, 15) is 14.4 Å². The minimum atomic E-state index is -2.14. The third-order valence-corrected chi connectivity index (χ3v) is 11.8. The van der Waals surface area contributed by atoms with E-state index in [0.29, 0.717) is 18.6 Å². The Kier molecular flexibility index (Phi) is 14.0. The van der Waals surface area contributed by atoms with Crippen LogP contribution in [0.5, 0.6) is 0 Å². The highest BCUT2D eigenvalue weighted by molar-refractivity contribution is 6.72. The van der Waals surface area contributed by atoms with Gasteiger partial charge in [0.1, 0.15) is 0 Å². The van der Waals surface area contributed by atoms with Crippen LogP contribution in [0.4, 0.5) is 0 Å². The molecule has 1 unspecified atom stereocenters. The molecule has 6 heteroatoms. The van der Waals surface area contributed by atoms with Gasteiger partial charge in [0.25, 0.3) is 0 Å². The van der Waals surface area contributed by atoms with E-state index in [0.717, 1.165) is 49.7 Å². The molecule has 5 nitrogen and oxygen atoms in total. The number of esters is 2. The van der Waals surface area contributed by atoms with Gasteiger partial charge in [0.05, 0.1) is 19.1 Å². The molecule has 0 spiro atoms. The van der Waals surface area contributed by atoms with Crippen molar-refractivity contribution in [1.82, 2.24) is 0 Å². The number of unbranched alkanes of at least 4 members (excludes halogenated alkanes) is 2. The van der Waals surface area contributed by atoms with E-state index in [1.807, 2.05) is 50.4 Å². The zero-order valence-corrected chi connectivity index (χ0v) is 27.4. The Bertz CT molecular complexity index is 1110. The van der Waals surface area contributed by atoms with E-state index in [2.05, 4.69) is 38.1 Å². The predicted octanol–water partition coefficient (Wildman–Crippen LogP) is 8.22. The lowest BCUT2D eigenvalue weighted by atomic mass is 9.91. The third kappa shape index (κ3) is 12.0. The van der Waals surface area contributed by atoms with Crippen LogP contribution in [0.25, 0.3) is 6.08 Å². The molecule has 41 heavy (non-hydrogen) atoms. The number of benzene rings is 2. The molecule has 0 radical (unpaired) electrons. The van der Waals surface area contributed by atoms with Gasteiger partial charge in [-0.1, -0.05) is 80.8 Å². The molecule has 2 rings (SSSR count). The van der Waals surface area contributed by atoms with Crippen molar-refractivity contribution in [3.63, 3.8) is 0 Å². The number of hydrogen-bond donors (Lipinski definition) is 1. The summed E-state index contributed by atoms with van der Waals surface area (Å²) < 4.78 is 10.7. The predicted molar refractivity (Wildman–Crippen MR) is 171 cm³/mol. The Morgan fingerprint density at radius 2 is 1.46 bits per heavy atom. The number of ether oxygens (including phenoxy) is 2. The molecule has 0 aromatic heterocycles. The normalized spacial score (nSPS) is 13.1. The van der Waals surface area contributed by atoms with Crippen LogP contribution in [-0.4, -0.2) is 38.3 Å². The van der Waals surface area contributed by atoms with Crippen LogP contribution in [0.2, 0.25) is 18.1 Å². The lowest BCUT2D eigenvalue weighted by Gasteiger charge is -2.35. The average molecular weight is 581 g/mol. The van der Waals surface area contributed by atoms with Gasteiger partial charge in [-0.25, -0.2) is 4.79 Å². The first-order chi connectivity index (χ1) is 19.4. The molecule has 0 amide bonds. The number of carbonyl (C=O) groups excluding carboxylic acids is 2. The maximum Gasteiger partial charge on any atom is 0.334 e. The van der Waals surface area contributed by atoms with Crippen molar-refractivity contribution in [2.45, 2.75) is 104 Å². The van der Waals surface area contributed by atoms with Gasteiger partial charge in [0.15, 0.2) is 8.32 Å². The van der Waals surface area contributed by atoms with Crippen molar-refractivity contribution in [3.8, 4) is 0 Å². The second-order valence-corrected chi connectivity index (χ2v) is 16.8. The lowest BCUT2D eigenvalue weighted by molar-refractivity contribution is -0.148. The first-order valence-electron chi connectivity index (χ1n) is 15.3. The molecule has 0 heterocycles. The molecule has 2 aromatic rings. The van der Waals surface area contributed by atoms with Gasteiger partial charge in [-0.15, -0.1) is 0 Å². The number of rotatable bonds is 17. The SMILES string of the molecule is CCOC(=O)/C(=C\c1ccc(C)cc1)CC(CCc1ccc(CCCCCC(C)(C)[Si](C)(C)O)cc1)C(=O)OCC. The zero-order chi connectivity index (χ0) is 30.5. The standard InChI is InChI=1S/C35H52O5Si/c1-8-39-33(36)31(26-32(34(37)40-9-2)25-30-16-14-27(3)15-17-30)23-22-29-20-18-28(19-21-29)13-11-10-12-24-35(4,5)41(6,7)38/h14-21,25,31,38H,8-13,22-24,26H2,1-7H3/b32-25-. The Hall–Kier alpha value is -2.70. The summed E-state index contributed by atoms with van der Waals surface area (Å²) in [5.41, 5.74) is 5.01. The van der Waals surface area contributed by atoms with Gasteiger partial charge >= 0.3 is 11.9 Å². The second-order valence-electron chi connectivity index (χ2n) is 12.3. The van der Waals surface area contributed by atoms with Gasteiger partial charge < -0.3 is 14.3 Å². The van der Waals surface area contributed by atoms with Crippen molar-refractivity contribution < 1.29 is 23.9 Å². The molecule has 0 aliphatic carbocycles. The van der Waals surface area contributed by atoms with E-state index in [-0.39, 0.29) is 24.0 Å². The first kappa shape index (κ1) is 34.5. The van der Waals surface area contributed by atoms with Gasteiger partial charge in [0, 0.05) is 5.57 Å². The molecule has 226 valence electrons. The van der Waals surface area contributed by atoms with E-state index in [4.69, 9.17) is 9.47 Å². The Morgan fingerprint density at radius 1 is 0.878 bits per heavy atom. The topological polar surface area (TPSA) is 72.8 Å². The number of hydrogen-bond acceptors (Lipinski definition) is 5. The molecule has 1 atom stereocenters. The lowest BCUT2D eigenvalue weighted by Crippen LogP contribution is -2.38. The summed E-state index contributed by atoms with van der Waals surface area (Å²) >= 11 is 0. The van der Waals surface area contributed by atoms with E-state index >= 15 is 0 Å². The highest BCUT2D eigenvalue weighted by atomic mass is 28.4. The Morgan fingerprint density at radius 3 is 2.02 bits per heavy atom. The van der Waals surface area contributed by atoms with Crippen LogP contribution < -0.4 is 0 Å². The van der Waals surface area contributed by atoms with Crippen molar-refractivity contribution >= 4 is 26.3 Å². The van der Waals surface area contributed by atoms with Gasteiger partial charge in [-0.05, 0) is 100 Å². The molecule has 1 N–H and O–H groups in total. The molecule has 0 fully saturated rings. The van der Waals surface area contributed by atoms with Crippen LogP contribution in [-0.2, 0) is 31.9 Å². The second kappa shape index (κ2) is 16.7. The highest BCUT2D eigenvalue weighted by Crippen LogP contribution is 2.40. The summed E-state index contributed by atoms with van der Waals surface area (Å²) in [6, 6.07) is 16.6. The third-order valence-electron chi connectivity index (χ3n) is 8.27. The smallest absolute Gasteiger partial charge is 0.334 e. The van der Waals surface area contributed by atoms with Crippen molar-refractivity contribution in [2.24, 2.45) is 5.92 Å². The summed E-state index contributed by atoms with van der Waals surface area (Å²) in [7, 11) is -2.14. The molecule has 0 saturated carbocycles. The summed E-state index contributed by atoms with van der Waals surface area (Å²) in [4.78, 5) is 36.2. The van der Waals surface area contributed by atoms with Crippen LogP contribution >= 0.6 is 0 Å². The first-order valence-corrected chi connectivity index (χ1v) is 18.2. The average Bonchev–Trinajstić information content (AvgIpc) is 2.91. The minimum Gasteiger partial charge on any atom is -0.466 e. The molecule has 0 bridgehead atoms. The molecular weight excluding hydrogens is 528 g/mol. The van der Waals surface area contributed by atoms with E-state index in [1.54, 1.807) is 13.8 Å². The van der Waals surface area contributed by atoms with Crippen LogP contribution in [0.3, 0.4) is 0 Å². The monoisotopic (exact) mass is 580 g/mol. The van der Waals surface area contributed by atoms with Crippen LogP contribution in [0, 0.1) is 12.8 Å². The Labute approximate surface area is 249 Å². The molecule has 0 aliphatic rings. The highest BCUT2D eigenvalue weighted by Gasteiger charge is 2.37. The van der Waals surface area contributed by atoms with Gasteiger partial charge in [0.2, 0.25) is 0 Å². The van der Waals surface area contributed by atoms with E-state index < -0.39 is 20.2 Å². The maximum absolute atomic E-state index is 12.9. The van der Waals surface area contributed by atoms with Crippen molar-refractivity contribution in [1.29, 1.82) is 0 Å². The van der Waals surface area contributed by atoms with Crippen molar-refractivity contribution in [3.05, 3.63) is 76.4 Å². The quantitative estimate of drug-likeness (QED) is 0.0883. The van der Waals surface area contributed by atoms with Crippen molar-refractivity contribution in [2.75, 3.05) is 13.2 Å². The van der Waals surface area contributed by atoms with E-state index in [1.165, 1.54) is 11.1 Å². The molecular formula is C35H52O5Si. The van der Waals surface area contributed by atoms with Gasteiger partial charge in [-0.3, -0.25) is 4.79 Å². The minimum absolute atomic E-state index is 0.0452. The molecule has 0 saturated heterocycles. The fourth-order valence-corrected chi connectivity index (χ4v) is 5.50. The summed E-state index contributed by atoms with van der Waals surface area (Å²) in [5, 5.41) is 0.0452. The number of aryl methyl sites for hydroxylation is 3. The fourth-order valence-electron chi connectivity index (χ4n) is 4.71. The van der Waals surface area contributed by atoms with Gasteiger partial charge in [-0.2, -0.15) is 0 Å². The van der Waals surface area contributed by atoms with Crippen LogP contribution in [0.15, 0.2) is 54.1 Å². The largest absolute Gasteiger partial charge is 0.466 e. The fraction of sp³-hybridized carbons (Fsp3) is 0.543. The zero-order valence-electron chi connectivity index (χ0n) is 26.4. The Balaban J connectivity index is 2.00. The van der Waals surface area contributed by atoms with Crippen LogP contribution in [0.1, 0.15) is 88.5 Å².